The minimum absolute atomic E-state index is 0.173. The minimum Gasteiger partial charge on any atom is -0.375 e. The van der Waals surface area contributed by atoms with Crippen molar-refractivity contribution in [3.05, 3.63) is 28.3 Å². The Balaban J connectivity index is 1.76. The van der Waals surface area contributed by atoms with E-state index in [0.29, 0.717) is 23.1 Å². The maximum atomic E-state index is 12.9. The van der Waals surface area contributed by atoms with Crippen LogP contribution in [0.5, 0.6) is 5.75 Å². The second-order valence-electron chi connectivity index (χ2n) is 9.33. The van der Waals surface area contributed by atoms with Crippen molar-refractivity contribution >= 4 is 10.1 Å². The number of fused-ring (bicyclic) bond motifs is 4. The summed E-state index contributed by atoms with van der Waals surface area (Å²) in [6.07, 6.45) is 4.35. The summed E-state index contributed by atoms with van der Waals surface area (Å²) in [5.41, 5.74) is -2.61. The van der Waals surface area contributed by atoms with Crippen LogP contribution in [0.3, 0.4) is 0 Å². The highest BCUT2D eigenvalue weighted by Gasteiger charge is 2.52. The van der Waals surface area contributed by atoms with Crippen LogP contribution in [0, 0.1) is 25.7 Å². The van der Waals surface area contributed by atoms with Gasteiger partial charge in [-0.2, -0.15) is 21.6 Å². The van der Waals surface area contributed by atoms with Gasteiger partial charge < -0.3 is 4.18 Å². The number of likely N-dealkylation sites (tertiary alicyclic amines) is 1. The molecule has 1 saturated carbocycles. The number of aryl methyl sites for hydroxylation is 1. The van der Waals surface area contributed by atoms with Crippen molar-refractivity contribution in [2.24, 2.45) is 11.8 Å². The normalized spacial score (nSPS) is 30.2. The summed E-state index contributed by atoms with van der Waals surface area (Å²) in [6, 6.07) is 2.24. The molecule has 4 rings (SSSR count). The Kier molecular flexibility index (Phi) is 4.78. The largest absolute Gasteiger partial charge is 0.534 e. The average molecular weight is 432 g/mol. The monoisotopic (exact) mass is 431 g/mol. The third-order valence-electron chi connectivity index (χ3n) is 7.42. The second kappa shape index (κ2) is 6.61. The summed E-state index contributed by atoms with van der Waals surface area (Å²) in [5.74, 6) is 0.962. The van der Waals surface area contributed by atoms with E-state index in [1.165, 1.54) is 12.8 Å². The van der Waals surface area contributed by atoms with Crippen LogP contribution in [0.4, 0.5) is 13.2 Å². The molecule has 2 fully saturated rings. The van der Waals surface area contributed by atoms with Crippen LogP contribution in [0.1, 0.15) is 55.4 Å². The average Bonchev–Trinajstić information content (AvgIpc) is 3.40. The van der Waals surface area contributed by atoms with Gasteiger partial charge in [-0.1, -0.05) is 19.9 Å². The predicted molar refractivity (Wildman–Crippen MR) is 104 cm³/mol. The third-order valence-corrected chi connectivity index (χ3v) is 8.37. The van der Waals surface area contributed by atoms with Crippen LogP contribution in [0.25, 0.3) is 0 Å². The van der Waals surface area contributed by atoms with E-state index in [9.17, 15) is 21.6 Å². The van der Waals surface area contributed by atoms with Crippen molar-refractivity contribution in [2.75, 3.05) is 13.1 Å². The molecule has 162 valence electrons. The van der Waals surface area contributed by atoms with E-state index in [2.05, 4.69) is 22.9 Å². The zero-order chi connectivity index (χ0) is 21.4. The van der Waals surface area contributed by atoms with Crippen LogP contribution in [0.2, 0.25) is 0 Å². The van der Waals surface area contributed by atoms with Crippen molar-refractivity contribution in [3.8, 4) is 5.75 Å². The van der Waals surface area contributed by atoms with Crippen molar-refractivity contribution in [1.29, 1.82) is 0 Å². The molecule has 0 N–H and O–H groups in total. The molecule has 0 aromatic heterocycles. The molecule has 0 spiro atoms. The van der Waals surface area contributed by atoms with Crippen LogP contribution in [0.15, 0.2) is 6.07 Å². The lowest BCUT2D eigenvalue weighted by atomic mass is 9.58. The molecule has 0 radical (unpaired) electrons. The van der Waals surface area contributed by atoms with Crippen LogP contribution >= 0.6 is 0 Å². The molecule has 1 aromatic rings. The van der Waals surface area contributed by atoms with Gasteiger partial charge in [0.25, 0.3) is 0 Å². The summed E-state index contributed by atoms with van der Waals surface area (Å²) in [4.78, 5) is 2.59. The minimum atomic E-state index is -5.70. The van der Waals surface area contributed by atoms with E-state index in [1.54, 1.807) is 13.8 Å². The molecule has 3 atom stereocenters. The lowest BCUT2D eigenvalue weighted by molar-refractivity contribution is -0.0500. The quantitative estimate of drug-likeness (QED) is 0.521. The van der Waals surface area contributed by atoms with Gasteiger partial charge in [0.1, 0.15) is 5.75 Å². The fourth-order valence-corrected chi connectivity index (χ4v) is 6.11. The predicted octanol–water partition coefficient (Wildman–Crippen LogP) is 4.47. The number of alkyl halides is 3. The van der Waals surface area contributed by atoms with E-state index in [1.807, 2.05) is 6.07 Å². The number of nitrogens with zero attached hydrogens (tertiary/aromatic N) is 1. The van der Waals surface area contributed by atoms with Gasteiger partial charge in [-0.25, -0.2) is 0 Å². The Morgan fingerprint density at radius 3 is 2.52 bits per heavy atom. The molecular formula is C21H28F3NO3S. The molecule has 1 aliphatic heterocycles. The fourth-order valence-electron chi connectivity index (χ4n) is 5.54. The molecule has 1 aromatic carbocycles. The van der Waals surface area contributed by atoms with Gasteiger partial charge in [0, 0.05) is 12.6 Å². The Bertz CT molecular complexity index is 939. The van der Waals surface area contributed by atoms with Crippen LogP contribution < -0.4 is 4.18 Å². The molecule has 1 unspecified atom stereocenters. The summed E-state index contributed by atoms with van der Waals surface area (Å²) >= 11 is 0. The summed E-state index contributed by atoms with van der Waals surface area (Å²) in [7, 11) is -5.70. The Hall–Kier alpha value is -1.28. The number of hydrogen-bond donors (Lipinski definition) is 0. The van der Waals surface area contributed by atoms with Crippen molar-refractivity contribution in [1.82, 2.24) is 4.90 Å². The summed E-state index contributed by atoms with van der Waals surface area (Å²) < 4.78 is 66.6. The summed E-state index contributed by atoms with van der Waals surface area (Å²) in [5, 5.41) is 0. The first-order valence-electron chi connectivity index (χ1n) is 10.2. The van der Waals surface area contributed by atoms with Crippen molar-refractivity contribution in [3.63, 3.8) is 0 Å². The Morgan fingerprint density at radius 1 is 1.28 bits per heavy atom. The molecule has 3 aliphatic rings. The molecule has 4 nitrogen and oxygen atoms in total. The highest BCUT2D eigenvalue weighted by Crippen LogP contribution is 2.52. The number of piperidine rings is 1. The first-order valence-corrected chi connectivity index (χ1v) is 11.6. The van der Waals surface area contributed by atoms with Gasteiger partial charge in [0.15, 0.2) is 0 Å². The van der Waals surface area contributed by atoms with E-state index in [-0.39, 0.29) is 11.2 Å². The first-order chi connectivity index (χ1) is 13.3. The van der Waals surface area contributed by atoms with Crippen LogP contribution in [-0.4, -0.2) is 38.0 Å². The van der Waals surface area contributed by atoms with Crippen molar-refractivity contribution in [2.45, 2.75) is 70.3 Å². The van der Waals surface area contributed by atoms with Crippen molar-refractivity contribution < 1.29 is 25.8 Å². The summed E-state index contributed by atoms with van der Waals surface area (Å²) in [6.45, 7) is 9.80. The molecule has 1 saturated heterocycles. The Labute approximate surface area is 170 Å². The molecular weight excluding hydrogens is 403 g/mol. The smallest absolute Gasteiger partial charge is 0.375 e. The molecule has 0 amide bonds. The molecule has 2 aliphatic carbocycles. The topological polar surface area (TPSA) is 46.6 Å². The highest BCUT2D eigenvalue weighted by atomic mass is 32.2. The zero-order valence-corrected chi connectivity index (χ0v) is 18.1. The van der Waals surface area contributed by atoms with E-state index in [4.69, 9.17) is 0 Å². The highest BCUT2D eigenvalue weighted by molar-refractivity contribution is 7.88. The van der Waals surface area contributed by atoms with E-state index >= 15 is 0 Å². The Morgan fingerprint density at radius 2 is 1.93 bits per heavy atom. The zero-order valence-electron chi connectivity index (χ0n) is 17.3. The number of rotatable bonds is 4. The standard InChI is InChI=1S/C21H28F3NO3S/c1-12-9-16-10-17-14(3)20(4,7-8-25(17)11-15-5-6-15)18(16)13(2)19(12)28-29(26,27)21(22,23)24/h9,14-15,17H,5-8,10-11H2,1-4H3/t14-,17?,20-/m0/s1. The molecule has 1 heterocycles. The van der Waals surface area contributed by atoms with Gasteiger partial charge >= 0.3 is 15.6 Å². The molecule has 2 bridgehead atoms. The van der Waals surface area contributed by atoms with E-state index in [0.717, 1.165) is 43.0 Å². The van der Waals surface area contributed by atoms with Gasteiger partial charge in [-0.05, 0) is 85.6 Å². The number of hydrogen-bond acceptors (Lipinski definition) is 4. The van der Waals surface area contributed by atoms with Crippen LogP contribution in [-0.2, 0) is 22.0 Å². The van der Waals surface area contributed by atoms with Gasteiger partial charge in [-0.3, -0.25) is 4.90 Å². The fraction of sp³-hybridized carbons (Fsp3) is 0.714. The molecule has 8 heteroatoms. The number of benzene rings is 1. The third kappa shape index (κ3) is 3.36. The SMILES string of the molecule is Cc1cc2c(c(C)c1OS(=O)(=O)C(F)(F)F)[C@@]1(C)CCN(CC3CC3)C(C2)[C@@H]1C. The lowest BCUT2D eigenvalue weighted by Crippen LogP contribution is -2.58. The van der Waals surface area contributed by atoms with Gasteiger partial charge in [0.05, 0.1) is 0 Å². The van der Waals surface area contributed by atoms with Gasteiger partial charge in [0.2, 0.25) is 0 Å². The number of halogens is 3. The van der Waals surface area contributed by atoms with E-state index < -0.39 is 15.6 Å². The maximum Gasteiger partial charge on any atom is 0.534 e. The first kappa shape index (κ1) is 21.0. The lowest BCUT2D eigenvalue weighted by Gasteiger charge is -2.55. The second-order valence-corrected chi connectivity index (χ2v) is 10.9. The maximum absolute atomic E-state index is 12.9. The van der Waals surface area contributed by atoms with Gasteiger partial charge in [-0.15, -0.1) is 0 Å². The molecule has 29 heavy (non-hydrogen) atoms.